The van der Waals surface area contributed by atoms with Gasteiger partial charge in [0.2, 0.25) is 0 Å². The van der Waals surface area contributed by atoms with Crippen LogP contribution in [0.4, 0.5) is 0 Å². The molecular weight excluding hydrogens is 264 g/mol. The van der Waals surface area contributed by atoms with Crippen molar-refractivity contribution < 1.29 is 0 Å². The number of hydrogen-bond acceptors (Lipinski definition) is 2. The highest BCUT2D eigenvalue weighted by Gasteiger charge is 2.04. The lowest BCUT2D eigenvalue weighted by atomic mass is 10.1. The van der Waals surface area contributed by atoms with Crippen LogP contribution in [0.3, 0.4) is 0 Å². The highest BCUT2D eigenvalue weighted by Crippen LogP contribution is 2.26. The Kier molecular flexibility index (Phi) is 2.14. The van der Waals surface area contributed by atoms with Gasteiger partial charge in [-0.3, -0.25) is 0 Å². The first-order valence-electron chi connectivity index (χ1n) is 5.07. The maximum Gasteiger partial charge on any atom is 0.127 e. The number of benzene rings is 2. The molecule has 0 fully saturated rings. The quantitative estimate of drug-likeness (QED) is 0.459. The molecule has 0 aliphatic rings. The monoisotopic (exact) mass is 272 g/mol. The first-order valence-corrected chi connectivity index (χ1v) is 5.86. The lowest BCUT2D eigenvalue weighted by Gasteiger charge is -2.04. The number of fused-ring (bicyclic) bond motifs is 2. The normalized spacial score (nSPS) is 11.1. The van der Waals surface area contributed by atoms with Crippen molar-refractivity contribution in [3.8, 4) is 0 Å². The van der Waals surface area contributed by atoms with Gasteiger partial charge >= 0.3 is 0 Å². The molecule has 0 aliphatic heterocycles. The van der Waals surface area contributed by atoms with Crippen LogP contribution in [0.25, 0.3) is 21.7 Å². The van der Waals surface area contributed by atoms with E-state index in [-0.39, 0.29) is 0 Å². The molecule has 0 amide bonds. The van der Waals surface area contributed by atoms with Gasteiger partial charge in [0, 0.05) is 5.39 Å². The highest BCUT2D eigenvalue weighted by molar-refractivity contribution is 9.10. The Morgan fingerprint density at radius 3 is 2.44 bits per heavy atom. The van der Waals surface area contributed by atoms with Gasteiger partial charge in [-0.15, -0.1) is 0 Å². The molecule has 78 valence electrons. The van der Waals surface area contributed by atoms with E-state index in [4.69, 9.17) is 0 Å². The molecule has 0 aliphatic carbocycles. The number of rotatable bonds is 0. The minimum absolute atomic E-state index is 0.787. The summed E-state index contributed by atoms with van der Waals surface area (Å²) in [5.41, 5.74) is 0.984. The molecular formula is C13H9BrN2. The summed E-state index contributed by atoms with van der Waals surface area (Å²) in [5, 5.41) is 3.48. The van der Waals surface area contributed by atoms with Crippen LogP contribution >= 0.6 is 15.9 Å². The summed E-state index contributed by atoms with van der Waals surface area (Å²) in [7, 11) is 0. The second kappa shape index (κ2) is 3.52. The zero-order valence-electron chi connectivity index (χ0n) is 8.74. The van der Waals surface area contributed by atoms with E-state index < -0.39 is 0 Å². The molecule has 3 aromatic rings. The van der Waals surface area contributed by atoms with Crippen LogP contribution in [0.2, 0.25) is 0 Å². The van der Waals surface area contributed by atoms with Crippen molar-refractivity contribution in [3.63, 3.8) is 0 Å². The smallest absolute Gasteiger partial charge is 0.127 e. The second-order valence-electron chi connectivity index (χ2n) is 3.78. The van der Waals surface area contributed by atoms with Crippen LogP contribution in [0, 0.1) is 6.92 Å². The van der Waals surface area contributed by atoms with E-state index in [0.29, 0.717) is 0 Å². The van der Waals surface area contributed by atoms with Crippen molar-refractivity contribution in [2.45, 2.75) is 6.92 Å². The number of aryl methyl sites for hydroxylation is 1. The lowest BCUT2D eigenvalue weighted by molar-refractivity contribution is 1.07. The van der Waals surface area contributed by atoms with Gasteiger partial charge in [0.1, 0.15) is 10.4 Å². The number of hydrogen-bond donors (Lipinski definition) is 0. The van der Waals surface area contributed by atoms with Crippen molar-refractivity contribution in [1.82, 2.24) is 9.97 Å². The predicted octanol–water partition coefficient (Wildman–Crippen LogP) is 3.85. The molecule has 1 aromatic heterocycles. The summed E-state index contributed by atoms with van der Waals surface area (Å²) in [6.45, 7) is 1.90. The Morgan fingerprint density at radius 1 is 1.00 bits per heavy atom. The Bertz CT molecular complexity index is 692. The number of nitrogens with zero attached hydrogens (tertiary/aromatic N) is 2. The predicted molar refractivity (Wildman–Crippen MR) is 69.5 cm³/mol. The lowest BCUT2D eigenvalue weighted by Crippen LogP contribution is -1.90. The molecule has 3 rings (SSSR count). The second-order valence-corrected chi connectivity index (χ2v) is 4.53. The summed E-state index contributed by atoms with van der Waals surface area (Å²) < 4.78 is 0.862. The van der Waals surface area contributed by atoms with Crippen molar-refractivity contribution in [1.29, 1.82) is 0 Å². The Labute approximate surface area is 101 Å². The van der Waals surface area contributed by atoms with Gasteiger partial charge in [0.25, 0.3) is 0 Å². The van der Waals surface area contributed by atoms with Crippen molar-refractivity contribution >= 4 is 37.6 Å². The summed E-state index contributed by atoms with van der Waals surface area (Å²) in [6, 6.07) is 12.5. The number of halogens is 1. The minimum atomic E-state index is 0.787. The molecule has 0 bridgehead atoms. The molecule has 2 nitrogen and oxygen atoms in total. The van der Waals surface area contributed by atoms with Crippen LogP contribution in [-0.4, -0.2) is 9.97 Å². The zero-order valence-corrected chi connectivity index (χ0v) is 10.3. The zero-order chi connectivity index (χ0) is 11.1. The summed E-state index contributed by atoms with van der Waals surface area (Å²) >= 11 is 3.48. The minimum Gasteiger partial charge on any atom is -0.233 e. The maximum atomic E-state index is 4.45. The van der Waals surface area contributed by atoms with Gasteiger partial charge in [0.05, 0.1) is 5.52 Å². The molecule has 0 atom stereocenters. The summed E-state index contributed by atoms with van der Waals surface area (Å²) in [6.07, 6.45) is 0. The highest BCUT2D eigenvalue weighted by atomic mass is 79.9. The van der Waals surface area contributed by atoms with E-state index in [1.807, 2.05) is 19.1 Å². The van der Waals surface area contributed by atoms with Gasteiger partial charge in [0.15, 0.2) is 0 Å². The summed E-state index contributed by atoms with van der Waals surface area (Å²) in [5.74, 6) is 0.787. The van der Waals surface area contributed by atoms with Gasteiger partial charge in [-0.25, -0.2) is 9.97 Å². The van der Waals surface area contributed by atoms with Crippen LogP contribution in [0.1, 0.15) is 5.82 Å². The molecule has 1 heterocycles. The fourth-order valence-electron chi connectivity index (χ4n) is 1.89. The largest absolute Gasteiger partial charge is 0.233 e. The molecule has 0 spiro atoms. The Morgan fingerprint density at radius 2 is 1.69 bits per heavy atom. The van der Waals surface area contributed by atoms with Gasteiger partial charge in [-0.2, -0.15) is 0 Å². The van der Waals surface area contributed by atoms with E-state index in [1.165, 1.54) is 10.8 Å². The SMILES string of the molecule is Cc1nc(Br)c2cc3ccccc3cc2n1. The Hall–Kier alpha value is -1.48. The van der Waals surface area contributed by atoms with Crippen LogP contribution in [-0.2, 0) is 0 Å². The summed E-state index contributed by atoms with van der Waals surface area (Å²) in [4.78, 5) is 8.76. The van der Waals surface area contributed by atoms with Crippen molar-refractivity contribution in [3.05, 3.63) is 46.8 Å². The van der Waals surface area contributed by atoms with E-state index >= 15 is 0 Å². The van der Waals surface area contributed by atoms with Crippen molar-refractivity contribution in [2.75, 3.05) is 0 Å². The van der Waals surface area contributed by atoms with E-state index in [1.54, 1.807) is 0 Å². The van der Waals surface area contributed by atoms with Crippen LogP contribution in [0.15, 0.2) is 41.0 Å². The third-order valence-electron chi connectivity index (χ3n) is 2.63. The third kappa shape index (κ3) is 1.48. The molecule has 3 heteroatoms. The van der Waals surface area contributed by atoms with Crippen LogP contribution < -0.4 is 0 Å². The van der Waals surface area contributed by atoms with E-state index in [0.717, 1.165) is 21.3 Å². The fraction of sp³-hybridized carbons (Fsp3) is 0.0769. The van der Waals surface area contributed by atoms with Gasteiger partial charge in [-0.05, 0) is 45.8 Å². The topological polar surface area (TPSA) is 25.8 Å². The Balaban J connectivity index is 2.51. The van der Waals surface area contributed by atoms with E-state index in [2.05, 4.69) is 50.2 Å². The fourth-order valence-corrected chi connectivity index (χ4v) is 2.46. The molecule has 16 heavy (non-hydrogen) atoms. The van der Waals surface area contributed by atoms with E-state index in [9.17, 15) is 0 Å². The molecule has 0 radical (unpaired) electrons. The average Bonchev–Trinajstić information content (AvgIpc) is 2.27. The maximum absolute atomic E-state index is 4.45. The standard InChI is InChI=1S/C13H9BrN2/c1-8-15-12-7-10-5-3-2-4-9(10)6-11(12)13(14)16-8/h2-7H,1H3. The molecule has 0 saturated heterocycles. The molecule has 2 aromatic carbocycles. The first-order chi connectivity index (χ1) is 7.74. The van der Waals surface area contributed by atoms with Gasteiger partial charge < -0.3 is 0 Å². The molecule has 0 saturated carbocycles. The number of aromatic nitrogens is 2. The molecule has 0 unspecified atom stereocenters. The molecule has 0 N–H and O–H groups in total. The van der Waals surface area contributed by atoms with Gasteiger partial charge in [-0.1, -0.05) is 24.3 Å². The van der Waals surface area contributed by atoms with Crippen molar-refractivity contribution in [2.24, 2.45) is 0 Å². The third-order valence-corrected chi connectivity index (χ3v) is 3.23. The first kappa shape index (κ1) is 9.73. The van der Waals surface area contributed by atoms with Crippen LogP contribution in [0.5, 0.6) is 0 Å². The average molecular weight is 273 g/mol.